The van der Waals surface area contributed by atoms with Gasteiger partial charge in [-0.15, -0.1) is 11.8 Å². The number of carbonyl (C=O) groups is 2. The van der Waals surface area contributed by atoms with Gasteiger partial charge in [0.05, 0.1) is 18.9 Å². The van der Waals surface area contributed by atoms with E-state index < -0.39 is 5.97 Å². The van der Waals surface area contributed by atoms with Crippen LogP contribution in [-0.2, 0) is 20.9 Å². The van der Waals surface area contributed by atoms with Crippen LogP contribution in [0.25, 0.3) is 0 Å². The Balaban J connectivity index is 1.75. The number of hydrogen-bond acceptors (Lipinski definition) is 6. The van der Waals surface area contributed by atoms with Crippen molar-refractivity contribution in [2.24, 2.45) is 4.99 Å². The Morgan fingerprint density at radius 2 is 2.32 bits per heavy atom. The number of nitrogens with one attached hydrogen (secondary N) is 2. The summed E-state index contributed by atoms with van der Waals surface area (Å²) in [6, 6.07) is 5.51. The largest absolute Gasteiger partial charge is 0.464 e. The number of methoxy groups -OCH3 is 1. The third-order valence-corrected chi connectivity index (χ3v) is 4.86. The average Bonchev–Trinajstić information content (AvgIpc) is 2.98. The average molecular weight is 319 g/mol. The molecule has 0 bridgehead atoms. The molecule has 2 heterocycles. The van der Waals surface area contributed by atoms with Crippen LogP contribution in [0.4, 0.5) is 5.69 Å². The summed E-state index contributed by atoms with van der Waals surface area (Å²) in [6.45, 7) is 2.08. The highest BCUT2D eigenvalue weighted by molar-refractivity contribution is 8.00. The molecule has 0 aromatic heterocycles. The lowest BCUT2D eigenvalue weighted by atomic mass is 10.0. The summed E-state index contributed by atoms with van der Waals surface area (Å²) in [7, 11) is 1.34. The first-order chi connectivity index (χ1) is 10.7. The molecule has 3 rings (SSSR count). The summed E-state index contributed by atoms with van der Waals surface area (Å²) in [6.07, 6.45) is 0. The molecule has 1 amide bonds. The quantitative estimate of drug-likeness (QED) is 0.806. The molecule has 1 unspecified atom stereocenters. The zero-order valence-corrected chi connectivity index (χ0v) is 13.0. The molecule has 2 N–H and O–H groups in total. The number of hydrogen-bond donors (Lipinski definition) is 2. The summed E-state index contributed by atoms with van der Waals surface area (Å²) >= 11 is 1.65. The van der Waals surface area contributed by atoms with Gasteiger partial charge in [0.25, 0.3) is 0 Å². The van der Waals surface area contributed by atoms with Gasteiger partial charge in [0.1, 0.15) is 0 Å². The van der Waals surface area contributed by atoms with Crippen molar-refractivity contribution in [2.45, 2.75) is 11.8 Å². The monoisotopic (exact) mass is 319 g/mol. The van der Waals surface area contributed by atoms with E-state index in [-0.39, 0.29) is 11.2 Å². The minimum atomic E-state index is -0.450. The Morgan fingerprint density at radius 1 is 1.45 bits per heavy atom. The van der Waals surface area contributed by atoms with Crippen molar-refractivity contribution in [1.82, 2.24) is 5.32 Å². The molecule has 0 spiro atoms. The lowest BCUT2D eigenvalue weighted by Gasteiger charge is -2.21. The number of amides is 1. The molecule has 2 aliphatic rings. The van der Waals surface area contributed by atoms with Crippen LogP contribution >= 0.6 is 11.8 Å². The van der Waals surface area contributed by atoms with E-state index in [1.807, 2.05) is 12.1 Å². The van der Waals surface area contributed by atoms with E-state index in [9.17, 15) is 9.59 Å². The predicted molar refractivity (Wildman–Crippen MR) is 86.4 cm³/mol. The number of nitrogens with zero attached hydrogens (tertiary/aromatic N) is 1. The second-order valence-electron chi connectivity index (χ2n) is 5.08. The fourth-order valence-corrected chi connectivity index (χ4v) is 3.48. The van der Waals surface area contributed by atoms with Gasteiger partial charge in [-0.25, -0.2) is 4.79 Å². The van der Waals surface area contributed by atoms with Crippen molar-refractivity contribution < 1.29 is 14.3 Å². The van der Waals surface area contributed by atoms with Crippen molar-refractivity contribution in [3.05, 3.63) is 29.3 Å². The standard InChI is InChI=1S/C15H17N3O3S/c1-21-15(20)13-11-6-10(3-2-9(11)7-17-13)18-14(19)12-8-16-4-5-22-12/h2-3,6,12,16H,4-5,7-8H2,1H3,(H,18,19). The highest BCUT2D eigenvalue weighted by atomic mass is 32.2. The van der Waals surface area contributed by atoms with Gasteiger partial charge in [0.15, 0.2) is 5.71 Å². The second-order valence-corrected chi connectivity index (χ2v) is 6.39. The minimum absolute atomic E-state index is 0.0216. The van der Waals surface area contributed by atoms with E-state index >= 15 is 0 Å². The third kappa shape index (κ3) is 3.00. The number of esters is 1. The van der Waals surface area contributed by atoms with Gasteiger partial charge in [0.2, 0.25) is 5.91 Å². The fourth-order valence-electron chi connectivity index (χ4n) is 2.49. The van der Waals surface area contributed by atoms with Gasteiger partial charge in [0, 0.05) is 30.1 Å². The molecule has 0 radical (unpaired) electrons. The molecule has 0 saturated carbocycles. The van der Waals surface area contributed by atoms with E-state index in [0.29, 0.717) is 24.5 Å². The highest BCUT2D eigenvalue weighted by Crippen LogP contribution is 2.24. The SMILES string of the molecule is COC(=O)C1=NCc2ccc(NC(=O)C3CNCCS3)cc21. The molecule has 1 saturated heterocycles. The van der Waals surface area contributed by atoms with E-state index in [4.69, 9.17) is 4.74 Å². The topological polar surface area (TPSA) is 79.8 Å². The summed E-state index contributed by atoms with van der Waals surface area (Å²) in [5.74, 6) is 0.461. The molecule has 7 heteroatoms. The van der Waals surface area contributed by atoms with Gasteiger partial charge in [-0.2, -0.15) is 0 Å². The molecule has 6 nitrogen and oxygen atoms in total. The van der Waals surface area contributed by atoms with Crippen LogP contribution in [0.3, 0.4) is 0 Å². The molecule has 116 valence electrons. The molecule has 1 aromatic carbocycles. The van der Waals surface area contributed by atoms with Crippen LogP contribution in [0.5, 0.6) is 0 Å². The molecular weight excluding hydrogens is 302 g/mol. The first kappa shape index (κ1) is 15.1. The predicted octanol–water partition coefficient (Wildman–Crippen LogP) is 0.806. The highest BCUT2D eigenvalue weighted by Gasteiger charge is 2.25. The third-order valence-electron chi connectivity index (χ3n) is 3.64. The van der Waals surface area contributed by atoms with E-state index in [1.54, 1.807) is 17.8 Å². The number of aliphatic imine (C=N–C) groups is 1. The summed E-state index contributed by atoms with van der Waals surface area (Å²) in [4.78, 5) is 28.2. The van der Waals surface area contributed by atoms with Crippen LogP contribution < -0.4 is 10.6 Å². The van der Waals surface area contributed by atoms with Gasteiger partial charge in [-0.3, -0.25) is 9.79 Å². The zero-order chi connectivity index (χ0) is 15.5. The molecule has 1 atom stereocenters. The summed E-state index contributed by atoms with van der Waals surface area (Å²) in [5.41, 5.74) is 2.70. The number of rotatable bonds is 3. The Labute approximate surface area is 132 Å². The van der Waals surface area contributed by atoms with Gasteiger partial charge >= 0.3 is 5.97 Å². The van der Waals surface area contributed by atoms with Crippen LogP contribution in [0.1, 0.15) is 11.1 Å². The Kier molecular flexibility index (Phi) is 4.44. The lowest BCUT2D eigenvalue weighted by molar-refractivity contribution is -0.132. The van der Waals surface area contributed by atoms with Gasteiger partial charge < -0.3 is 15.4 Å². The van der Waals surface area contributed by atoms with Crippen molar-refractivity contribution in [2.75, 3.05) is 31.3 Å². The molecule has 2 aliphatic heterocycles. The van der Waals surface area contributed by atoms with Crippen LogP contribution in [0.15, 0.2) is 23.2 Å². The Bertz CT molecular complexity index is 639. The minimum Gasteiger partial charge on any atom is -0.464 e. The maximum Gasteiger partial charge on any atom is 0.356 e. The zero-order valence-electron chi connectivity index (χ0n) is 12.2. The number of fused-ring (bicyclic) bond motifs is 1. The number of ether oxygens (including phenoxy) is 1. The summed E-state index contributed by atoms with van der Waals surface area (Å²) in [5, 5.41) is 6.04. The first-order valence-electron chi connectivity index (χ1n) is 7.08. The number of carbonyl (C=O) groups excluding carboxylic acids is 2. The second kappa shape index (κ2) is 6.50. The van der Waals surface area contributed by atoms with Gasteiger partial charge in [-0.1, -0.05) is 6.07 Å². The first-order valence-corrected chi connectivity index (χ1v) is 8.13. The molecule has 22 heavy (non-hydrogen) atoms. The van der Waals surface area contributed by atoms with E-state index in [0.717, 1.165) is 23.4 Å². The van der Waals surface area contributed by atoms with E-state index in [1.165, 1.54) is 7.11 Å². The van der Waals surface area contributed by atoms with E-state index in [2.05, 4.69) is 15.6 Å². The van der Waals surface area contributed by atoms with Crippen molar-refractivity contribution in [3.63, 3.8) is 0 Å². The van der Waals surface area contributed by atoms with Crippen LogP contribution in [0.2, 0.25) is 0 Å². The lowest BCUT2D eigenvalue weighted by Crippen LogP contribution is -2.40. The Morgan fingerprint density at radius 3 is 3.05 bits per heavy atom. The fraction of sp³-hybridized carbons (Fsp3) is 0.400. The normalized spacial score (nSPS) is 20.0. The summed E-state index contributed by atoms with van der Waals surface area (Å²) < 4.78 is 4.74. The van der Waals surface area contributed by atoms with Crippen LogP contribution in [0, 0.1) is 0 Å². The Hall–Kier alpha value is -1.86. The smallest absolute Gasteiger partial charge is 0.356 e. The molecular formula is C15H17N3O3S. The van der Waals surface area contributed by atoms with Crippen LogP contribution in [-0.4, -0.2) is 48.8 Å². The maximum absolute atomic E-state index is 12.2. The maximum atomic E-state index is 12.2. The number of thioether (sulfide) groups is 1. The van der Waals surface area contributed by atoms with Crippen molar-refractivity contribution in [1.29, 1.82) is 0 Å². The van der Waals surface area contributed by atoms with Gasteiger partial charge in [-0.05, 0) is 17.7 Å². The number of anilines is 1. The molecule has 0 aliphatic carbocycles. The molecule has 1 fully saturated rings. The molecule has 1 aromatic rings. The van der Waals surface area contributed by atoms with Crippen molar-refractivity contribution >= 4 is 35.0 Å². The van der Waals surface area contributed by atoms with Crippen molar-refractivity contribution in [3.8, 4) is 0 Å². The number of benzene rings is 1.